The topological polar surface area (TPSA) is 210 Å². The highest BCUT2D eigenvalue weighted by atomic mass is 31.2. The number of esters is 2. The molecule has 0 aromatic heterocycles. The van der Waals surface area contributed by atoms with Gasteiger partial charge in [0, 0.05) is 12.8 Å². The largest absolute Gasteiger partial charge is 0.472 e. The Bertz CT molecular complexity index is 1220. The first-order valence-corrected chi connectivity index (χ1v) is 22.1. The third-order valence-electron chi connectivity index (χ3n) is 9.09. The molecule has 1 aliphatic carbocycles. The highest BCUT2D eigenvalue weighted by Gasteiger charge is 2.51. The quantitative estimate of drug-likeness (QED) is 0.0175. The molecule has 1 aliphatic rings. The van der Waals surface area contributed by atoms with Crippen LogP contribution >= 0.6 is 7.82 Å². The summed E-state index contributed by atoms with van der Waals surface area (Å²) in [5.41, 5.74) is 0. The number of aliphatic hydroxyl groups is 5. The van der Waals surface area contributed by atoms with Crippen molar-refractivity contribution in [2.24, 2.45) is 0 Å². The maximum Gasteiger partial charge on any atom is 0.472 e. The molecule has 322 valence electrons. The van der Waals surface area contributed by atoms with E-state index in [9.17, 15) is 44.6 Å². The van der Waals surface area contributed by atoms with E-state index in [1.807, 2.05) is 6.08 Å². The van der Waals surface area contributed by atoms with Crippen LogP contribution in [0.5, 0.6) is 0 Å². The lowest BCUT2D eigenvalue weighted by atomic mass is 9.85. The van der Waals surface area contributed by atoms with Gasteiger partial charge in [-0.15, -0.1) is 0 Å². The van der Waals surface area contributed by atoms with Gasteiger partial charge in [-0.1, -0.05) is 107 Å². The van der Waals surface area contributed by atoms with Crippen LogP contribution in [-0.2, 0) is 32.7 Å². The highest BCUT2D eigenvalue weighted by molar-refractivity contribution is 7.47. The maximum atomic E-state index is 12.8. The van der Waals surface area contributed by atoms with Crippen molar-refractivity contribution in [1.82, 2.24) is 0 Å². The van der Waals surface area contributed by atoms with E-state index in [4.69, 9.17) is 18.5 Å². The van der Waals surface area contributed by atoms with E-state index in [0.29, 0.717) is 19.3 Å². The molecule has 0 aromatic rings. The summed E-state index contributed by atoms with van der Waals surface area (Å²) in [6.07, 6.45) is 24.4. The molecule has 13 nitrogen and oxygen atoms in total. The molecule has 1 saturated carbocycles. The van der Waals surface area contributed by atoms with E-state index in [1.165, 1.54) is 19.3 Å². The molecular weight excluding hydrogens is 743 g/mol. The Labute approximate surface area is 334 Å². The molecule has 0 spiro atoms. The molecule has 6 atom stereocenters. The molecule has 0 radical (unpaired) electrons. The molecule has 6 unspecified atom stereocenters. The minimum Gasteiger partial charge on any atom is -0.462 e. The molecule has 1 rings (SSSR count). The van der Waals surface area contributed by atoms with Crippen molar-refractivity contribution in [2.75, 3.05) is 13.2 Å². The molecule has 1 fully saturated rings. The summed E-state index contributed by atoms with van der Waals surface area (Å²) in [5.74, 6) is -1.17. The van der Waals surface area contributed by atoms with Gasteiger partial charge in [-0.3, -0.25) is 18.6 Å². The van der Waals surface area contributed by atoms with Crippen molar-refractivity contribution >= 4 is 19.8 Å². The Hall–Kier alpha value is -2.45. The molecule has 14 heteroatoms. The second-order valence-electron chi connectivity index (χ2n) is 14.1. The number of rotatable bonds is 32. The summed E-state index contributed by atoms with van der Waals surface area (Å²) in [4.78, 5) is 35.5. The lowest BCUT2D eigenvalue weighted by Crippen LogP contribution is -2.64. The number of allylic oxidation sites excluding steroid dienone is 10. The molecule has 56 heavy (non-hydrogen) atoms. The van der Waals surface area contributed by atoms with E-state index in [-0.39, 0.29) is 12.8 Å². The van der Waals surface area contributed by atoms with Gasteiger partial charge >= 0.3 is 19.8 Å². The van der Waals surface area contributed by atoms with E-state index in [1.54, 1.807) is 0 Å². The molecule has 0 aromatic carbocycles. The highest BCUT2D eigenvalue weighted by Crippen LogP contribution is 2.47. The number of phosphoric acid groups is 1. The number of carbonyl (C=O) groups excluding carboxylic acids is 2. The maximum absolute atomic E-state index is 12.8. The molecule has 0 heterocycles. The number of ether oxygens (including phenoxy) is 2. The standard InChI is InChI=1S/C42H71O13P/c1-3-5-7-9-11-13-15-17-18-19-21-23-25-27-29-31-36(44)54-34(32-52-35(43)30-28-26-24-22-20-16-14-12-10-8-6-4-2)33-53-56(50,51)55-42-40(48)38(46)37(45)39(47)41(42)49/h5,7,11-14,17-18,21,23,34,37-42,45-49H,3-4,6,8-10,15-16,19-20,22,24-33H2,1-2H3,(H,50,51)/b7-5-,13-11-,14-12-,18-17-,23-21-. The Morgan fingerprint density at radius 3 is 1.61 bits per heavy atom. The summed E-state index contributed by atoms with van der Waals surface area (Å²) in [6, 6.07) is 0. The summed E-state index contributed by atoms with van der Waals surface area (Å²) in [7, 11) is -5.13. The molecule has 6 N–H and O–H groups in total. The van der Waals surface area contributed by atoms with Crippen molar-refractivity contribution in [3.8, 4) is 0 Å². The third kappa shape index (κ3) is 25.0. The number of unbranched alkanes of at least 4 members (excludes halogenated alkanes) is 10. The van der Waals surface area contributed by atoms with Crippen LogP contribution in [0.25, 0.3) is 0 Å². The fourth-order valence-electron chi connectivity index (χ4n) is 5.74. The summed E-state index contributed by atoms with van der Waals surface area (Å²) in [5, 5.41) is 50.0. The molecule has 0 amide bonds. The van der Waals surface area contributed by atoms with Gasteiger partial charge in [0.2, 0.25) is 0 Å². The normalized spacial score (nSPS) is 23.5. The monoisotopic (exact) mass is 814 g/mol. The average molecular weight is 815 g/mol. The van der Waals surface area contributed by atoms with Crippen molar-refractivity contribution in [3.05, 3.63) is 60.8 Å². The second kappa shape index (κ2) is 32.5. The van der Waals surface area contributed by atoms with E-state index < -0.39 is 75.7 Å². The minimum absolute atomic E-state index is 0.0401. The number of carbonyl (C=O) groups is 2. The van der Waals surface area contributed by atoms with Crippen LogP contribution in [0.2, 0.25) is 0 Å². The zero-order valence-corrected chi connectivity index (χ0v) is 34.5. The summed E-state index contributed by atoms with van der Waals surface area (Å²) in [6.45, 7) is 3.08. The van der Waals surface area contributed by atoms with Gasteiger partial charge in [0.15, 0.2) is 6.10 Å². The second-order valence-corrected chi connectivity index (χ2v) is 15.5. The first kappa shape index (κ1) is 51.6. The first-order valence-electron chi connectivity index (χ1n) is 20.6. The first-order chi connectivity index (χ1) is 26.9. The lowest BCUT2D eigenvalue weighted by Gasteiger charge is -2.41. The fourth-order valence-corrected chi connectivity index (χ4v) is 6.71. The van der Waals surface area contributed by atoms with Crippen molar-refractivity contribution in [2.45, 2.75) is 179 Å². The molecule has 0 bridgehead atoms. The van der Waals surface area contributed by atoms with Gasteiger partial charge in [0.25, 0.3) is 0 Å². The van der Waals surface area contributed by atoms with Crippen LogP contribution < -0.4 is 0 Å². The molecule has 0 aliphatic heterocycles. The number of phosphoric ester groups is 1. The molecule has 0 saturated heterocycles. The minimum atomic E-state index is -5.13. The van der Waals surface area contributed by atoms with Gasteiger partial charge in [0.1, 0.15) is 43.2 Å². The Morgan fingerprint density at radius 2 is 1.02 bits per heavy atom. The number of aliphatic hydroxyl groups excluding tert-OH is 5. The Kier molecular flexibility index (Phi) is 29.9. The van der Waals surface area contributed by atoms with Crippen LogP contribution in [0, 0.1) is 0 Å². The van der Waals surface area contributed by atoms with Crippen LogP contribution in [0.3, 0.4) is 0 Å². The zero-order chi connectivity index (χ0) is 41.4. The van der Waals surface area contributed by atoms with Gasteiger partial charge in [-0.2, -0.15) is 0 Å². The summed E-state index contributed by atoms with van der Waals surface area (Å²) < 4.78 is 33.3. The van der Waals surface area contributed by atoms with Crippen LogP contribution in [0.15, 0.2) is 60.8 Å². The van der Waals surface area contributed by atoms with E-state index in [2.05, 4.69) is 68.5 Å². The lowest BCUT2D eigenvalue weighted by molar-refractivity contribution is -0.220. The van der Waals surface area contributed by atoms with Crippen molar-refractivity contribution in [1.29, 1.82) is 0 Å². The zero-order valence-electron chi connectivity index (χ0n) is 33.7. The predicted molar refractivity (Wildman–Crippen MR) is 216 cm³/mol. The molecular formula is C42H71O13P. The smallest absolute Gasteiger partial charge is 0.462 e. The van der Waals surface area contributed by atoms with Crippen molar-refractivity contribution < 1.29 is 63.1 Å². The van der Waals surface area contributed by atoms with Crippen LogP contribution in [-0.4, -0.2) is 98.3 Å². The Balaban J connectivity index is 2.57. The Morgan fingerprint density at radius 1 is 0.571 bits per heavy atom. The van der Waals surface area contributed by atoms with Crippen LogP contribution in [0.4, 0.5) is 0 Å². The number of hydrogen-bond donors (Lipinski definition) is 6. The van der Waals surface area contributed by atoms with E-state index in [0.717, 1.165) is 70.6 Å². The van der Waals surface area contributed by atoms with Gasteiger partial charge in [-0.25, -0.2) is 4.57 Å². The average Bonchev–Trinajstić information content (AvgIpc) is 3.18. The van der Waals surface area contributed by atoms with E-state index >= 15 is 0 Å². The van der Waals surface area contributed by atoms with Gasteiger partial charge in [-0.05, 0) is 77.0 Å². The van der Waals surface area contributed by atoms with Gasteiger partial charge < -0.3 is 39.9 Å². The third-order valence-corrected chi connectivity index (χ3v) is 10.1. The predicted octanol–water partition coefficient (Wildman–Crippen LogP) is 6.99. The number of hydrogen-bond acceptors (Lipinski definition) is 12. The van der Waals surface area contributed by atoms with Gasteiger partial charge in [0.05, 0.1) is 6.61 Å². The fraction of sp³-hybridized carbons (Fsp3) is 0.714. The van der Waals surface area contributed by atoms with Crippen molar-refractivity contribution in [3.63, 3.8) is 0 Å². The SMILES string of the molecule is CC/C=C\C/C=C\C/C=C\C/C=C\CCCCC(=O)OC(COC(=O)CCCCCCC/C=C\CCCCC)COP(=O)(O)OC1C(O)C(O)C(O)C(O)C1O. The summed E-state index contributed by atoms with van der Waals surface area (Å²) >= 11 is 0. The van der Waals surface area contributed by atoms with Crippen LogP contribution in [0.1, 0.15) is 136 Å².